The summed E-state index contributed by atoms with van der Waals surface area (Å²) in [5.41, 5.74) is 1.73. The van der Waals surface area contributed by atoms with Gasteiger partial charge in [0, 0.05) is 60.8 Å². The SMILES string of the molecule is CCN(CC)c1ccc2cc(C(=O)NCCOc3cccc4c(C(=O)NC5C[C@H]6CCC[C@@H](C5)N6C)nn(C)c34)c(=O)oc2c1. The third kappa shape index (κ3) is 6.13. The van der Waals surface area contributed by atoms with Crippen molar-refractivity contribution in [1.29, 1.82) is 0 Å². The fourth-order valence-corrected chi connectivity index (χ4v) is 7.04. The van der Waals surface area contributed by atoms with Crippen LogP contribution in [-0.4, -0.2) is 77.9 Å². The molecule has 3 atom stereocenters. The van der Waals surface area contributed by atoms with E-state index in [4.69, 9.17) is 9.15 Å². The van der Waals surface area contributed by atoms with Crippen LogP contribution in [0.5, 0.6) is 5.75 Å². The Hall–Kier alpha value is -4.38. The Bertz CT molecular complexity index is 1760. The summed E-state index contributed by atoms with van der Waals surface area (Å²) in [6.45, 7) is 6.11. The first-order chi connectivity index (χ1) is 21.8. The number of carbonyl (C=O) groups excluding carboxylic acids is 2. The molecule has 0 radical (unpaired) electrons. The van der Waals surface area contributed by atoms with Gasteiger partial charge in [-0.3, -0.25) is 14.3 Å². The summed E-state index contributed by atoms with van der Waals surface area (Å²) in [6.07, 6.45) is 5.54. The number of rotatable bonds is 10. The van der Waals surface area contributed by atoms with Crippen LogP contribution in [0, 0.1) is 0 Å². The number of piperidine rings is 2. The molecule has 0 saturated carbocycles. The number of ether oxygens (including phenoxy) is 1. The number of nitrogens with zero attached hydrogens (tertiary/aromatic N) is 4. The standard InChI is InChI=1S/C34H42N6O5/c1-5-40(6-2)25-14-13-21-17-27(34(43)45-29(21)20-25)32(41)35-15-16-44-28-12-8-11-26-30(37-39(4)31(26)28)33(42)36-22-18-23-9-7-10-24(19-22)38(23)3/h8,11-14,17,20,22-24H,5-7,9-10,15-16,18-19H2,1-4H3,(H,35,41)(H,36,42)/t22?,23-,24+. The van der Waals surface area contributed by atoms with Gasteiger partial charge < -0.3 is 29.6 Å². The largest absolute Gasteiger partial charge is 0.489 e. The first-order valence-electron chi connectivity index (χ1n) is 16.0. The number of benzene rings is 2. The second kappa shape index (κ2) is 12.9. The van der Waals surface area contributed by atoms with Crippen molar-refractivity contribution in [2.24, 2.45) is 7.05 Å². The molecule has 2 fully saturated rings. The number of hydrogen-bond donors (Lipinski definition) is 2. The molecule has 238 valence electrons. The molecule has 11 nitrogen and oxygen atoms in total. The number of para-hydroxylation sites is 1. The molecule has 1 unspecified atom stereocenters. The Morgan fingerprint density at radius 2 is 1.80 bits per heavy atom. The molecule has 6 rings (SSSR count). The molecule has 2 aliphatic rings. The van der Waals surface area contributed by atoms with Crippen LogP contribution in [0.1, 0.15) is 66.8 Å². The molecule has 2 aromatic heterocycles. The van der Waals surface area contributed by atoms with Gasteiger partial charge in [0.15, 0.2) is 5.69 Å². The molecule has 2 amide bonds. The van der Waals surface area contributed by atoms with E-state index in [0.717, 1.165) is 31.6 Å². The lowest BCUT2D eigenvalue weighted by atomic mass is 9.82. The van der Waals surface area contributed by atoms with Gasteiger partial charge in [0.1, 0.15) is 29.0 Å². The Labute approximate surface area is 262 Å². The first kappa shape index (κ1) is 30.6. The summed E-state index contributed by atoms with van der Waals surface area (Å²) in [5.74, 6) is -0.146. The second-order valence-corrected chi connectivity index (χ2v) is 12.1. The minimum Gasteiger partial charge on any atom is -0.489 e. The summed E-state index contributed by atoms with van der Waals surface area (Å²) in [7, 11) is 3.99. The Morgan fingerprint density at radius 1 is 1.04 bits per heavy atom. The van der Waals surface area contributed by atoms with Crippen molar-refractivity contribution in [1.82, 2.24) is 25.3 Å². The molecular weight excluding hydrogens is 572 g/mol. The maximum absolute atomic E-state index is 13.4. The molecule has 2 bridgehead atoms. The first-order valence-corrected chi connectivity index (χ1v) is 16.0. The maximum Gasteiger partial charge on any atom is 0.349 e. The number of nitrogens with one attached hydrogen (secondary N) is 2. The van der Waals surface area contributed by atoms with Crippen LogP contribution < -0.4 is 25.9 Å². The highest BCUT2D eigenvalue weighted by molar-refractivity contribution is 6.06. The van der Waals surface area contributed by atoms with Crippen molar-refractivity contribution in [3.05, 3.63) is 64.1 Å². The van der Waals surface area contributed by atoms with E-state index in [2.05, 4.69) is 46.4 Å². The van der Waals surface area contributed by atoms with Crippen molar-refractivity contribution in [2.75, 3.05) is 38.2 Å². The third-order valence-electron chi connectivity index (χ3n) is 9.46. The monoisotopic (exact) mass is 614 g/mol. The quantitative estimate of drug-likeness (QED) is 0.203. The summed E-state index contributed by atoms with van der Waals surface area (Å²) in [4.78, 5) is 43.6. The molecule has 2 saturated heterocycles. The molecular formula is C34H42N6O5. The van der Waals surface area contributed by atoms with Crippen LogP contribution in [0.3, 0.4) is 0 Å². The van der Waals surface area contributed by atoms with Crippen LogP contribution in [0.2, 0.25) is 0 Å². The molecule has 0 aliphatic carbocycles. The minimum absolute atomic E-state index is 0.0595. The molecule has 4 aromatic rings. The average molecular weight is 615 g/mol. The zero-order valence-corrected chi connectivity index (χ0v) is 26.5. The lowest BCUT2D eigenvalue weighted by Gasteiger charge is -2.47. The predicted molar refractivity (Wildman–Crippen MR) is 174 cm³/mol. The van der Waals surface area contributed by atoms with Gasteiger partial charge in [-0.1, -0.05) is 18.6 Å². The predicted octanol–water partition coefficient (Wildman–Crippen LogP) is 4.08. The van der Waals surface area contributed by atoms with E-state index in [-0.39, 0.29) is 30.7 Å². The van der Waals surface area contributed by atoms with Gasteiger partial charge in [-0.05, 0) is 70.8 Å². The topological polar surface area (TPSA) is 122 Å². The number of anilines is 1. The molecule has 2 aliphatic heterocycles. The molecule has 0 spiro atoms. The maximum atomic E-state index is 13.4. The van der Waals surface area contributed by atoms with Crippen LogP contribution >= 0.6 is 0 Å². The average Bonchev–Trinajstić information content (AvgIpc) is 3.37. The lowest BCUT2D eigenvalue weighted by Crippen LogP contribution is -2.55. The number of aromatic nitrogens is 2. The van der Waals surface area contributed by atoms with E-state index in [0.29, 0.717) is 45.4 Å². The fourth-order valence-electron chi connectivity index (χ4n) is 7.04. The number of carbonyl (C=O) groups is 2. The summed E-state index contributed by atoms with van der Waals surface area (Å²) < 4.78 is 13.2. The van der Waals surface area contributed by atoms with Crippen molar-refractivity contribution >= 4 is 39.4 Å². The van der Waals surface area contributed by atoms with E-state index < -0.39 is 11.5 Å². The fraction of sp³-hybridized carbons (Fsp3) is 0.471. The summed E-state index contributed by atoms with van der Waals surface area (Å²) in [6, 6.07) is 13.9. The molecule has 45 heavy (non-hydrogen) atoms. The van der Waals surface area contributed by atoms with E-state index in [1.165, 1.54) is 19.3 Å². The van der Waals surface area contributed by atoms with E-state index >= 15 is 0 Å². The summed E-state index contributed by atoms with van der Waals surface area (Å²) >= 11 is 0. The van der Waals surface area contributed by atoms with Gasteiger partial charge in [-0.2, -0.15) is 5.10 Å². The van der Waals surface area contributed by atoms with Crippen molar-refractivity contribution < 1.29 is 18.7 Å². The summed E-state index contributed by atoms with van der Waals surface area (Å²) in [5, 5.41) is 11.9. The Morgan fingerprint density at radius 3 is 2.53 bits per heavy atom. The van der Waals surface area contributed by atoms with Crippen LogP contribution in [0.4, 0.5) is 5.69 Å². The molecule has 2 N–H and O–H groups in total. The highest BCUT2D eigenvalue weighted by Gasteiger charge is 2.37. The van der Waals surface area contributed by atoms with Gasteiger partial charge in [0.25, 0.3) is 11.8 Å². The van der Waals surface area contributed by atoms with Gasteiger partial charge >= 0.3 is 5.63 Å². The molecule has 11 heteroatoms. The zero-order chi connectivity index (χ0) is 31.7. The van der Waals surface area contributed by atoms with Crippen molar-refractivity contribution in [3.63, 3.8) is 0 Å². The number of amides is 2. The Kier molecular flexibility index (Phi) is 8.80. The number of aryl methyl sites for hydroxylation is 1. The van der Waals surface area contributed by atoms with E-state index in [1.54, 1.807) is 17.8 Å². The van der Waals surface area contributed by atoms with E-state index in [1.807, 2.05) is 36.4 Å². The molecule has 4 heterocycles. The van der Waals surface area contributed by atoms with E-state index in [9.17, 15) is 14.4 Å². The van der Waals surface area contributed by atoms with Gasteiger partial charge in [-0.25, -0.2) is 4.79 Å². The highest BCUT2D eigenvalue weighted by atomic mass is 16.5. The van der Waals surface area contributed by atoms with Gasteiger partial charge in [0.2, 0.25) is 0 Å². The van der Waals surface area contributed by atoms with Crippen LogP contribution in [0.15, 0.2) is 51.7 Å². The zero-order valence-electron chi connectivity index (χ0n) is 26.5. The van der Waals surface area contributed by atoms with Gasteiger partial charge in [0.05, 0.1) is 6.54 Å². The Balaban J connectivity index is 1.08. The minimum atomic E-state index is -0.688. The number of fused-ring (bicyclic) bond motifs is 4. The second-order valence-electron chi connectivity index (χ2n) is 12.1. The number of hydrogen-bond acceptors (Lipinski definition) is 8. The highest BCUT2D eigenvalue weighted by Crippen LogP contribution is 2.33. The molecule has 2 aromatic carbocycles. The van der Waals surface area contributed by atoms with Crippen molar-refractivity contribution in [3.8, 4) is 5.75 Å². The lowest BCUT2D eigenvalue weighted by molar-refractivity contribution is 0.0462. The van der Waals surface area contributed by atoms with Crippen LogP contribution in [0.25, 0.3) is 21.9 Å². The van der Waals surface area contributed by atoms with Gasteiger partial charge in [-0.15, -0.1) is 0 Å². The normalized spacial score (nSPS) is 19.9. The van der Waals surface area contributed by atoms with Crippen molar-refractivity contribution in [2.45, 2.75) is 64.1 Å². The smallest absolute Gasteiger partial charge is 0.349 e. The third-order valence-corrected chi connectivity index (χ3v) is 9.46. The van der Waals surface area contributed by atoms with Crippen LogP contribution in [-0.2, 0) is 7.05 Å².